The molecule has 1 aliphatic heterocycles. The van der Waals surface area contributed by atoms with E-state index in [1.54, 1.807) is 11.0 Å². The minimum absolute atomic E-state index is 0.00230. The number of benzene rings is 5. The normalized spacial score (nSPS) is 14.1. The van der Waals surface area contributed by atoms with E-state index >= 15 is 0 Å². The molecule has 0 spiro atoms. The van der Waals surface area contributed by atoms with Gasteiger partial charge >= 0.3 is 0 Å². The number of rotatable bonds is 11. The van der Waals surface area contributed by atoms with Crippen LogP contribution in [0.4, 0.5) is 0 Å². The minimum atomic E-state index is -0.858. The van der Waals surface area contributed by atoms with Gasteiger partial charge in [0.2, 0.25) is 5.82 Å². The van der Waals surface area contributed by atoms with E-state index < -0.39 is 5.54 Å². The molecular formula is C44H38N6O. The van der Waals surface area contributed by atoms with E-state index in [0.717, 1.165) is 69.5 Å². The molecule has 3 heterocycles. The predicted octanol–water partition coefficient (Wildman–Crippen LogP) is 9.13. The van der Waals surface area contributed by atoms with Gasteiger partial charge in [-0.05, 0) is 57.1 Å². The highest BCUT2D eigenvalue weighted by molar-refractivity contribution is 5.98. The molecule has 5 aromatic carbocycles. The highest BCUT2D eigenvalue weighted by Gasteiger charge is 2.41. The Morgan fingerprint density at radius 3 is 1.82 bits per heavy atom. The molecule has 1 aliphatic rings. The van der Waals surface area contributed by atoms with E-state index in [0.29, 0.717) is 12.4 Å². The van der Waals surface area contributed by atoms with Crippen molar-refractivity contribution in [3.8, 4) is 22.5 Å². The highest BCUT2D eigenvalue weighted by Crippen LogP contribution is 2.41. The van der Waals surface area contributed by atoms with Crippen LogP contribution in [0, 0.1) is 0 Å². The van der Waals surface area contributed by atoms with Crippen molar-refractivity contribution in [2.45, 2.75) is 44.3 Å². The molecule has 0 aliphatic carbocycles. The first kappa shape index (κ1) is 32.0. The summed E-state index contributed by atoms with van der Waals surface area (Å²) < 4.78 is 0. The molecule has 250 valence electrons. The number of unbranched alkanes of at least 4 members (excludes halogenated alkanes) is 1. The zero-order chi connectivity index (χ0) is 34.6. The number of carbonyl (C=O) groups excluding carboxylic acids is 1. The molecule has 7 nitrogen and oxygen atoms in total. The van der Waals surface area contributed by atoms with Crippen molar-refractivity contribution in [1.29, 1.82) is 0 Å². The van der Waals surface area contributed by atoms with Crippen molar-refractivity contribution in [2.24, 2.45) is 0 Å². The molecule has 0 bridgehead atoms. The van der Waals surface area contributed by atoms with Gasteiger partial charge in [-0.3, -0.25) is 9.78 Å². The number of hydrogen-bond acceptors (Lipinski definition) is 5. The van der Waals surface area contributed by atoms with Gasteiger partial charge in [-0.1, -0.05) is 159 Å². The average Bonchev–Trinajstić information content (AvgIpc) is 3.79. The Hall–Kier alpha value is -6.21. The van der Waals surface area contributed by atoms with Crippen LogP contribution in [-0.4, -0.2) is 36.0 Å². The molecule has 0 saturated carbocycles. The van der Waals surface area contributed by atoms with E-state index in [2.05, 4.69) is 78.6 Å². The zero-order valence-electron chi connectivity index (χ0n) is 28.5. The topological polar surface area (TPSA) is 76.8 Å². The van der Waals surface area contributed by atoms with Crippen LogP contribution >= 0.6 is 0 Å². The van der Waals surface area contributed by atoms with Crippen LogP contribution in [0.15, 0.2) is 158 Å². The summed E-state index contributed by atoms with van der Waals surface area (Å²) in [7, 11) is 0. The third kappa shape index (κ3) is 5.80. The SMILES string of the molecule is CCCCC1c2ncccc2C(=O)N1Cc1ccc(-c2ccccc2-c2nnn(C(c3ccccc3)(c3ccccc3)c3ccccc3)n2)cc1. The lowest BCUT2D eigenvalue weighted by Gasteiger charge is -2.34. The van der Waals surface area contributed by atoms with Gasteiger partial charge in [-0.25, -0.2) is 0 Å². The largest absolute Gasteiger partial charge is 0.326 e. The van der Waals surface area contributed by atoms with Gasteiger partial charge in [0.1, 0.15) is 0 Å². The van der Waals surface area contributed by atoms with Crippen LogP contribution in [0.2, 0.25) is 0 Å². The first-order valence-corrected chi connectivity index (χ1v) is 17.6. The van der Waals surface area contributed by atoms with Crippen LogP contribution < -0.4 is 0 Å². The van der Waals surface area contributed by atoms with Crippen molar-refractivity contribution in [3.05, 3.63) is 191 Å². The van der Waals surface area contributed by atoms with Gasteiger partial charge in [0.05, 0.1) is 17.3 Å². The van der Waals surface area contributed by atoms with Crippen LogP contribution in [0.1, 0.15) is 70.5 Å². The van der Waals surface area contributed by atoms with Crippen molar-refractivity contribution in [3.63, 3.8) is 0 Å². The molecule has 1 atom stereocenters. The maximum atomic E-state index is 13.5. The molecule has 0 radical (unpaired) electrons. The van der Waals surface area contributed by atoms with Crippen molar-refractivity contribution >= 4 is 5.91 Å². The smallest absolute Gasteiger partial charge is 0.256 e. The predicted molar refractivity (Wildman–Crippen MR) is 200 cm³/mol. The summed E-state index contributed by atoms with van der Waals surface area (Å²) in [5, 5.41) is 14.6. The first-order chi connectivity index (χ1) is 25.2. The van der Waals surface area contributed by atoms with E-state index in [9.17, 15) is 4.79 Å². The number of fused-ring (bicyclic) bond motifs is 1. The Kier molecular flexibility index (Phi) is 8.76. The number of nitrogens with zero attached hydrogens (tertiary/aromatic N) is 6. The van der Waals surface area contributed by atoms with Crippen molar-refractivity contribution in [2.75, 3.05) is 0 Å². The second-order valence-corrected chi connectivity index (χ2v) is 13.0. The van der Waals surface area contributed by atoms with E-state index in [1.165, 1.54) is 0 Å². The van der Waals surface area contributed by atoms with Gasteiger partial charge in [0, 0.05) is 18.3 Å². The lowest BCUT2D eigenvalue weighted by molar-refractivity contribution is 0.0698. The molecule has 51 heavy (non-hydrogen) atoms. The number of amides is 1. The van der Waals surface area contributed by atoms with Gasteiger partial charge < -0.3 is 4.90 Å². The Balaban J connectivity index is 1.15. The second kappa shape index (κ2) is 14.0. The van der Waals surface area contributed by atoms with Gasteiger partial charge in [-0.2, -0.15) is 0 Å². The molecule has 0 fully saturated rings. The highest BCUT2D eigenvalue weighted by atomic mass is 16.2. The Morgan fingerprint density at radius 2 is 1.22 bits per heavy atom. The summed E-state index contributed by atoms with van der Waals surface area (Å²) in [5.74, 6) is 0.592. The first-order valence-electron chi connectivity index (χ1n) is 17.6. The van der Waals surface area contributed by atoms with Crippen LogP contribution in [0.25, 0.3) is 22.5 Å². The molecule has 8 rings (SSSR count). The number of hydrogen-bond donors (Lipinski definition) is 0. The van der Waals surface area contributed by atoms with Crippen LogP contribution in [0.5, 0.6) is 0 Å². The number of pyridine rings is 1. The quantitative estimate of drug-likeness (QED) is 0.129. The van der Waals surface area contributed by atoms with Crippen LogP contribution in [0.3, 0.4) is 0 Å². The molecular weight excluding hydrogens is 629 g/mol. The second-order valence-electron chi connectivity index (χ2n) is 13.0. The molecule has 7 aromatic rings. The van der Waals surface area contributed by atoms with Crippen molar-refractivity contribution in [1.82, 2.24) is 30.1 Å². The van der Waals surface area contributed by atoms with Crippen molar-refractivity contribution < 1.29 is 4.79 Å². The summed E-state index contributed by atoms with van der Waals surface area (Å²) in [6, 6.07) is 51.5. The molecule has 0 saturated heterocycles. The maximum Gasteiger partial charge on any atom is 0.256 e. The lowest BCUT2D eigenvalue weighted by atomic mass is 9.77. The summed E-state index contributed by atoms with van der Waals surface area (Å²) >= 11 is 0. The van der Waals surface area contributed by atoms with E-state index in [4.69, 9.17) is 15.4 Å². The Morgan fingerprint density at radius 1 is 0.647 bits per heavy atom. The monoisotopic (exact) mass is 666 g/mol. The Bertz CT molecular complexity index is 2150. The van der Waals surface area contributed by atoms with Gasteiger partial charge in [0.25, 0.3) is 5.91 Å². The lowest BCUT2D eigenvalue weighted by Crippen LogP contribution is -2.39. The maximum absolute atomic E-state index is 13.5. The third-order valence-corrected chi connectivity index (χ3v) is 9.93. The zero-order valence-corrected chi connectivity index (χ0v) is 28.5. The Labute approximate surface area is 298 Å². The summed E-state index contributed by atoms with van der Waals surface area (Å²) in [4.78, 5) is 21.8. The van der Waals surface area contributed by atoms with Gasteiger partial charge in [0.15, 0.2) is 5.54 Å². The van der Waals surface area contributed by atoms with Gasteiger partial charge in [-0.15, -0.1) is 15.0 Å². The van der Waals surface area contributed by atoms with E-state index in [1.807, 2.05) is 89.8 Å². The fourth-order valence-electron chi connectivity index (χ4n) is 7.44. The summed E-state index contributed by atoms with van der Waals surface area (Å²) in [6.45, 7) is 2.71. The average molecular weight is 667 g/mol. The number of aromatic nitrogens is 5. The summed E-state index contributed by atoms with van der Waals surface area (Å²) in [5.41, 5.74) is 7.85. The number of tetrazole rings is 1. The molecule has 1 unspecified atom stereocenters. The summed E-state index contributed by atoms with van der Waals surface area (Å²) in [6.07, 6.45) is 4.82. The molecule has 7 heteroatoms. The van der Waals surface area contributed by atoms with E-state index in [-0.39, 0.29) is 11.9 Å². The van der Waals surface area contributed by atoms with Crippen LogP contribution in [-0.2, 0) is 12.1 Å². The number of carbonyl (C=O) groups is 1. The minimum Gasteiger partial charge on any atom is -0.326 e. The fraction of sp³-hybridized carbons (Fsp3) is 0.159. The molecule has 0 N–H and O–H groups in total. The molecule has 2 aromatic heterocycles. The molecule has 1 amide bonds. The standard InChI is InChI=1S/C44H38N6O/c1-2-3-25-40-41-39(24-15-30-45-41)43(51)49(40)31-32-26-28-33(29-27-32)37-22-13-14-23-38(37)42-46-48-50(47-42)44(34-16-7-4-8-17-34,35-18-9-5-10-19-35)36-20-11-6-12-21-36/h4-24,26-30,40H,2-3,25,31H2,1H3. The fourth-order valence-corrected chi connectivity index (χ4v) is 7.44. The third-order valence-electron chi connectivity index (χ3n) is 9.93.